The molecular formula is C30H32Cl2N4O5S. The molecule has 2 amide bonds. The van der Waals surface area contributed by atoms with Crippen molar-refractivity contribution >= 4 is 50.9 Å². The number of carboxylic acid groups (broad SMARTS) is 1. The molecule has 9 nitrogen and oxygen atoms in total. The van der Waals surface area contributed by atoms with Gasteiger partial charge in [-0.15, -0.1) is 0 Å². The van der Waals surface area contributed by atoms with Gasteiger partial charge in [0.2, 0.25) is 10.0 Å². The van der Waals surface area contributed by atoms with E-state index in [-0.39, 0.29) is 24.0 Å². The molecule has 5 rings (SSSR count). The number of piperidine rings is 1. The highest BCUT2D eigenvalue weighted by atomic mass is 35.5. The van der Waals surface area contributed by atoms with E-state index < -0.39 is 16.1 Å². The molecule has 2 N–H and O–H groups in total. The summed E-state index contributed by atoms with van der Waals surface area (Å²) in [6, 6.07) is 21.2. The Morgan fingerprint density at radius 3 is 1.98 bits per heavy atom. The normalized spacial score (nSPS) is 16.7. The van der Waals surface area contributed by atoms with E-state index in [2.05, 4.69) is 10.2 Å². The average Bonchev–Trinajstić information content (AvgIpc) is 2.93. The summed E-state index contributed by atoms with van der Waals surface area (Å²) in [6.45, 7) is 1.66. The maximum atomic E-state index is 13.1. The number of hydrogen-bond acceptors (Lipinski definition) is 5. The predicted octanol–water partition coefficient (Wildman–Crippen LogP) is 5.11. The zero-order chi connectivity index (χ0) is 30.0. The molecule has 2 aliphatic heterocycles. The van der Waals surface area contributed by atoms with E-state index in [4.69, 9.17) is 28.3 Å². The zero-order valence-corrected chi connectivity index (χ0v) is 25.3. The van der Waals surface area contributed by atoms with Crippen LogP contribution in [0.15, 0.2) is 72.8 Å². The number of rotatable bonds is 8. The van der Waals surface area contributed by atoms with Gasteiger partial charge in [-0.25, -0.2) is 13.2 Å². The molecule has 12 heteroatoms. The second kappa shape index (κ2) is 12.5. The first-order chi connectivity index (χ1) is 20.0. The van der Waals surface area contributed by atoms with Crippen LogP contribution in [0.2, 0.25) is 10.0 Å². The third-order valence-corrected chi connectivity index (χ3v) is 9.51. The van der Waals surface area contributed by atoms with Crippen LogP contribution in [0.25, 0.3) is 0 Å². The van der Waals surface area contributed by atoms with E-state index in [1.807, 2.05) is 48.5 Å². The molecule has 3 aromatic rings. The summed E-state index contributed by atoms with van der Waals surface area (Å²) in [5.74, 6) is -0.320. The Hall–Kier alpha value is -3.31. The number of likely N-dealkylation sites (tertiary alicyclic amines) is 2. The van der Waals surface area contributed by atoms with Crippen molar-refractivity contribution in [3.63, 3.8) is 0 Å². The lowest BCUT2D eigenvalue weighted by atomic mass is 9.93. The third-order valence-electron chi connectivity index (χ3n) is 7.78. The van der Waals surface area contributed by atoms with Gasteiger partial charge in [-0.3, -0.25) is 14.0 Å². The van der Waals surface area contributed by atoms with Gasteiger partial charge < -0.3 is 15.3 Å². The van der Waals surface area contributed by atoms with E-state index in [0.29, 0.717) is 60.3 Å². The van der Waals surface area contributed by atoms with Crippen molar-refractivity contribution in [2.45, 2.75) is 31.0 Å². The van der Waals surface area contributed by atoms with Crippen molar-refractivity contribution in [2.75, 3.05) is 36.7 Å². The lowest BCUT2D eigenvalue weighted by Gasteiger charge is -2.48. The summed E-state index contributed by atoms with van der Waals surface area (Å²) in [6.07, 6.45) is 1.26. The maximum absolute atomic E-state index is 13.1. The van der Waals surface area contributed by atoms with Gasteiger partial charge in [-0.05, 0) is 66.4 Å². The number of nitrogens with one attached hydrogen (secondary N) is 1. The number of halogens is 2. The molecule has 2 heterocycles. The Kier molecular flexibility index (Phi) is 8.98. The Morgan fingerprint density at radius 2 is 1.48 bits per heavy atom. The third kappa shape index (κ3) is 6.83. The standard InChI is InChI=1S/C30H32Cl2N4O5S/c1-42(40,41)36(26-4-2-3-22(17-26)29(37)33-25-13-15-34(16-14-25)30(38)39)27-18-35(19-27)28(20-5-9-23(31)10-6-20)21-7-11-24(32)12-8-21/h2-12,17,25,27-28H,13-16,18-19H2,1H3,(H,33,37)(H,38,39). The number of hydrogen-bond donors (Lipinski definition) is 2. The van der Waals surface area contributed by atoms with Crippen molar-refractivity contribution in [1.82, 2.24) is 15.1 Å². The molecule has 222 valence electrons. The minimum absolute atomic E-state index is 0.123. The summed E-state index contributed by atoms with van der Waals surface area (Å²) in [5.41, 5.74) is 2.82. The fourth-order valence-corrected chi connectivity index (χ4v) is 7.12. The highest BCUT2D eigenvalue weighted by molar-refractivity contribution is 7.92. The fraction of sp³-hybridized carbons (Fsp3) is 0.333. The molecule has 2 fully saturated rings. The Morgan fingerprint density at radius 1 is 0.929 bits per heavy atom. The molecule has 0 aliphatic carbocycles. The minimum Gasteiger partial charge on any atom is -0.465 e. The largest absolute Gasteiger partial charge is 0.465 e. The van der Waals surface area contributed by atoms with E-state index in [9.17, 15) is 18.0 Å². The highest BCUT2D eigenvalue weighted by Gasteiger charge is 2.41. The van der Waals surface area contributed by atoms with Gasteiger partial charge in [0.1, 0.15) is 0 Å². The van der Waals surface area contributed by atoms with Crippen LogP contribution in [0.3, 0.4) is 0 Å². The quantitative estimate of drug-likeness (QED) is 0.358. The number of anilines is 1. The van der Waals surface area contributed by atoms with E-state index >= 15 is 0 Å². The lowest BCUT2D eigenvalue weighted by molar-refractivity contribution is 0.0907. The SMILES string of the molecule is CS(=O)(=O)N(c1cccc(C(=O)NC2CCN(C(=O)O)CC2)c1)C1CN(C(c2ccc(Cl)cc2)c2ccc(Cl)cc2)C1. The molecule has 2 aliphatic rings. The molecule has 0 atom stereocenters. The maximum Gasteiger partial charge on any atom is 0.407 e. The number of amides is 2. The number of benzene rings is 3. The summed E-state index contributed by atoms with van der Waals surface area (Å²) in [5, 5.41) is 13.4. The summed E-state index contributed by atoms with van der Waals surface area (Å²) >= 11 is 12.3. The number of sulfonamides is 1. The Bertz CT molecular complexity index is 1490. The van der Waals surface area contributed by atoms with Crippen LogP contribution in [0.1, 0.15) is 40.4 Å². The van der Waals surface area contributed by atoms with Gasteiger partial charge in [0, 0.05) is 47.8 Å². The smallest absolute Gasteiger partial charge is 0.407 e. The summed E-state index contributed by atoms with van der Waals surface area (Å²) in [7, 11) is -3.67. The molecule has 42 heavy (non-hydrogen) atoms. The van der Waals surface area contributed by atoms with Gasteiger partial charge in [0.15, 0.2) is 0 Å². The molecule has 0 bridgehead atoms. The van der Waals surface area contributed by atoms with Crippen LogP contribution in [0.4, 0.5) is 10.5 Å². The van der Waals surface area contributed by atoms with Crippen molar-refractivity contribution in [3.8, 4) is 0 Å². The fourth-order valence-electron chi connectivity index (χ4n) is 5.69. The van der Waals surface area contributed by atoms with Crippen LogP contribution in [0, 0.1) is 0 Å². The van der Waals surface area contributed by atoms with Crippen LogP contribution < -0.4 is 9.62 Å². The lowest BCUT2D eigenvalue weighted by Crippen LogP contribution is -2.61. The second-order valence-electron chi connectivity index (χ2n) is 10.7. The van der Waals surface area contributed by atoms with E-state index in [1.165, 1.54) is 15.5 Å². The number of carbonyl (C=O) groups is 2. The number of carbonyl (C=O) groups excluding carboxylic acids is 1. The van der Waals surface area contributed by atoms with Crippen molar-refractivity contribution in [1.29, 1.82) is 0 Å². The highest BCUT2D eigenvalue weighted by Crippen LogP contribution is 2.36. The second-order valence-corrected chi connectivity index (χ2v) is 13.5. The first-order valence-electron chi connectivity index (χ1n) is 13.6. The van der Waals surface area contributed by atoms with Crippen LogP contribution in [-0.2, 0) is 10.0 Å². The number of nitrogens with zero attached hydrogens (tertiary/aromatic N) is 3. The van der Waals surface area contributed by atoms with Gasteiger partial charge >= 0.3 is 6.09 Å². The van der Waals surface area contributed by atoms with Crippen LogP contribution in [-0.4, -0.2) is 79.8 Å². The molecule has 0 aromatic heterocycles. The van der Waals surface area contributed by atoms with E-state index in [0.717, 1.165) is 11.1 Å². The van der Waals surface area contributed by atoms with Crippen LogP contribution in [0.5, 0.6) is 0 Å². The predicted molar refractivity (Wildman–Crippen MR) is 164 cm³/mol. The van der Waals surface area contributed by atoms with Crippen molar-refractivity contribution in [3.05, 3.63) is 99.5 Å². The summed E-state index contributed by atoms with van der Waals surface area (Å²) < 4.78 is 27.5. The molecule has 3 aromatic carbocycles. The first-order valence-corrected chi connectivity index (χ1v) is 16.2. The van der Waals surface area contributed by atoms with Gasteiger partial charge in [0.25, 0.3) is 5.91 Å². The van der Waals surface area contributed by atoms with Gasteiger partial charge in [-0.1, -0.05) is 53.5 Å². The molecule has 0 spiro atoms. The minimum atomic E-state index is -3.67. The zero-order valence-electron chi connectivity index (χ0n) is 23.0. The van der Waals surface area contributed by atoms with E-state index in [1.54, 1.807) is 24.3 Å². The molecular weight excluding hydrogens is 599 g/mol. The van der Waals surface area contributed by atoms with Gasteiger partial charge in [0.05, 0.1) is 24.0 Å². The Labute approximate surface area is 255 Å². The molecule has 0 saturated carbocycles. The molecule has 0 radical (unpaired) electrons. The molecule has 2 saturated heterocycles. The topological polar surface area (TPSA) is 110 Å². The monoisotopic (exact) mass is 630 g/mol. The van der Waals surface area contributed by atoms with Crippen molar-refractivity contribution in [2.24, 2.45) is 0 Å². The first kappa shape index (κ1) is 30.2. The van der Waals surface area contributed by atoms with Gasteiger partial charge in [-0.2, -0.15) is 0 Å². The van der Waals surface area contributed by atoms with Crippen LogP contribution >= 0.6 is 23.2 Å². The summed E-state index contributed by atoms with van der Waals surface area (Å²) in [4.78, 5) is 27.8. The average molecular weight is 632 g/mol. The van der Waals surface area contributed by atoms with Crippen molar-refractivity contribution < 1.29 is 23.1 Å². The Balaban J connectivity index is 1.33. The molecule has 0 unspecified atom stereocenters.